The molecule has 1 aromatic heterocycles. The average molecular weight is 268 g/mol. The average Bonchev–Trinajstić information content (AvgIpc) is 2.19. The van der Waals surface area contributed by atoms with Gasteiger partial charge in [0.25, 0.3) is 0 Å². The molecule has 0 atom stereocenters. The zero-order valence-corrected chi connectivity index (χ0v) is 9.30. The molecule has 1 heterocycles. The van der Waals surface area contributed by atoms with E-state index in [0.29, 0.717) is 10.7 Å². The highest BCUT2D eigenvalue weighted by molar-refractivity contribution is 9.10. The first-order valence-electron chi connectivity index (χ1n) is 3.87. The van der Waals surface area contributed by atoms with Crippen LogP contribution in [0.4, 0.5) is 0 Å². The second kappa shape index (κ2) is 3.56. The van der Waals surface area contributed by atoms with Crippen molar-refractivity contribution in [2.24, 2.45) is 0 Å². The van der Waals surface area contributed by atoms with E-state index in [0.717, 1.165) is 15.4 Å². The Morgan fingerprint density at radius 3 is 2.93 bits per heavy atom. The molecule has 68 valence electrons. The zero-order chi connectivity index (χ0) is 10.1. The normalized spacial score (nSPS) is 10.1. The first-order valence-corrected chi connectivity index (χ1v) is 5.04. The van der Waals surface area contributed by atoms with Crippen molar-refractivity contribution in [3.63, 3.8) is 0 Å². The van der Waals surface area contributed by atoms with Crippen LogP contribution in [0.15, 0.2) is 28.7 Å². The van der Waals surface area contributed by atoms with Gasteiger partial charge in [-0.3, -0.25) is 0 Å². The third kappa shape index (κ3) is 1.47. The van der Waals surface area contributed by atoms with Gasteiger partial charge in [0.15, 0.2) is 0 Å². The fourth-order valence-corrected chi connectivity index (χ4v) is 1.94. The van der Waals surface area contributed by atoms with Crippen LogP contribution in [0.2, 0.25) is 5.02 Å². The van der Waals surface area contributed by atoms with Crippen LogP contribution in [-0.2, 0) is 0 Å². The number of nitriles is 1. The standard InChI is InChI=1S/C10H4BrClN2/c11-8-3-1-2-7-9(12)4-6(5-13)14-10(7)8/h1-4H. The van der Waals surface area contributed by atoms with Crippen LogP contribution in [0.3, 0.4) is 0 Å². The first-order chi connectivity index (χ1) is 6.72. The monoisotopic (exact) mass is 266 g/mol. The molecular formula is C10H4BrClN2. The number of fused-ring (bicyclic) bond motifs is 1. The van der Waals surface area contributed by atoms with Gasteiger partial charge in [-0.15, -0.1) is 0 Å². The van der Waals surface area contributed by atoms with Crippen LogP contribution >= 0.6 is 27.5 Å². The van der Waals surface area contributed by atoms with Gasteiger partial charge in [-0.1, -0.05) is 23.7 Å². The summed E-state index contributed by atoms with van der Waals surface area (Å²) < 4.78 is 0.842. The summed E-state index contributed by atoms with van der Waals surface area (Å²) in [4.78, 5) is 4.16. The summed E-state index contributed by atoms with van der Waals surface area (Å²) in [6.07, 6.45) is 0. The summed E-state index contributed by atoms with van der Waals surface area (Å²) in [7, 11) is 0. The molecule has 14 heavy (non-hydrogen) atoms. The zero-order valence-electron chi connectivity index (χ0n) is 6.96. The molecule has 0 aliphatic rings. The molecule has 0 aliphatic carbocycles. The molecule has 0 unspecified atom stereocenters. The minimum Gasteiger partial charge on any atom is -0.236 e. The van der Waals surface area contributed by atoms with E-state index in [1.54, 1.807) is 6.07 Å². The van der Waals surface area contributed by atoms with Crippen molar-refractivity contribution in [2.75, 3.05) is 0 Å². The molecule has 0 saturated heterocycles. The van der Waals surface area contributed by atoms with Crippen LogP contribution in [0, 0.1) is 11.3 Å². The second-order valence-electron chi connectivity index (χ2n) is 2.74. The maximum Gasteiger partial charge on any atom is 0.142 e. The summed E-state index contributed by atoms with van der Waals surface area (Å²) in [5, 5.41) is 10.1. The highest BCUT2D eigenvalue weighted by Gasteiger charge is 2.05. The lowest BCUT2D eigenvalue weighted by molar-refractivity contribution is 1.32. The number of rotatable bonds is 0. The summed E-state index contributed by atoms with van der Waals surface area (Å²) in [6, 6.07) is 9.16. The van der Waals surface area contributed by atoms with Crippen LogP contribution in [0.5, 0.6) is 0 Å². The Balaban J connectivity index is 2.92. The van der Waals surface area contributed by atoms with Crippen molar-refractivity contribution in [2.45, 2.75) is 0 Å². The molecule has 0 amide bonds. The topological polar surface area (TPSA) is 36.7 Å². The highest BCUT2D eigenvalue weighted by Crippen LogP contribution is 2.28. The number of nitrogens with zero attached hydrogens (tertiary/aromatic N) is 2. The molecule has 2 rings (SSSR count). The van der Waals surface area contributed by atoms with Crippen molar-refractivity contribution in [3.05, 3.63) is 39.5 Å². The Hall–Kier alpha value is -1.11. The van der Waals surface area contributed by atoms with E-state index >= 15 is 0 Å². The Morgan fingerprint density at radius 2 is 2.21 bits per heavy atom. The molecule has 0 fully saturated rings. The third-order valence-electron chi connectivity index (χ3n) is 1.85. The summed E-state index contributed by atoms with van der Waals surface area (Å²) in [6.45, 7) is 0. The number of benzene rings is 1. The van der Waals surface area contributed by atoms with Gasteiger partial charge in [-0.25, -0.2) is 4.98 Å². The third-order valence-corrected chi connectivity index (χ3v) is 2.81. The van der Waals surface area contributed by atoms with E-state index in [1.807, 2.05) is 24.3 Å². The largest absolute Gasteiger partial charge is 0.236 e. The predicted molar refractivity (Wildman–Crippen MR) is 59.2 cm³/mol. The predicted octanol–water partition coefficient (Wildman–Crippen LogP) is 3.52. The minimum absolute atomic E-state index is 0.328. The molecule has 0 aliphatic heterocycles. The summed E-state index contributed by atoms with van der Waals surface area (Å²) in [5.41, 5.74) is 1.05. The van der Waals surface area contributed by atoms with E-state index in [-0.39, 0.29) is 0 Å². The smallest absolute Gasteiger partial charge is 0.142 e. The van der Waals surface area contributed by atoms with E-state index in [4.69, 9.17) is 16.9 Å². The van der Waals surface area contributed by atoms with Crippen molar-refractivity contribution >= 4 is 38.4 Å². The summed E-state index contributed by atoms with van der Waals surface area (Å²) >= 11 is 9.36. The number of para-hydroxylation sites is 1. The molecule has 0 N–H and O–H groups in total. The maximum atomic E-state index is 8.73. The molecule has 2 aromatic rings. The van der Waals surface area contributed by atoms with E-state index < -0.39 is 0 Å². The van der Waals surface area contributed by atoms with Gasteiger partial charge in [-0.05, 0) is 28.1 Å². The van der Waals surface area contributed by atoms with E-state index in [9.17, 15) is 0 Å². The molecule has 4 heteroatoms. The van der Waals surface area contributed by atoms with Gasteiger partial charge in [0, 0.05) is 9.86 Å². The SMILES string of the molecule is N#Cc1cc(Cl)c2cccc(Br)c2n1. The van der Waals surface area contributed by atoms with Crippen LogP contribution in [0.1, 0.15) is 5.69 Å². The van der Waals surface area contributed by atoms with Crippen molar-refractivity contribution < 1.29 is 0 Å². The van der Waals surface area contributed by atoms with Crippen LogP contribution in [0.25, 0.3) is 10.9 Å². The lowest BCUT2D eigenvalue weighted by atomic mass is 10.2. The maximum absolute atomic E-state index is 8.73. The van der Waals surface area contributed by atoms with Crippen LogP contribution < -0.4 is 0 Å². The van der Waals surface area contributed by atoms with E-state index in [1.165, 1.54) is 0 Å². The Morgan fingerprint density at radius 1 is 1.43 bits per heavy atom. The fraction of sp³-hybridized carbons (Fsp3) is 0. The lowest BCUT2D eigenvalue weighted by Gasteiger charge is -2.01. The molecule has 0 saturated carbocycles. The van der Waals surface area contributed by atoms with Gasteiger partial charge in [-0.2, -0.15) is 5.26 Å². The number of pyridine rings is 1. The van der Waals surface area contributed by atoms with E-state index in [2.05, 4.69) is 20.9 Å². The fourth-order valence-electron chi connectivity index (χ4n) is 1.23. The van der Waals surface area contributed by atoms with Gasteiger partial charge < -0.3 is 0 Å². The molecule has 2 nitrogen and oxygen atoms in total. The molecule has 1 aromatic carbocycles. The van der Waals surface area contributed by atoms with Gasteiger partial charge in [0.2, 0.25) is 0 Å². The number of halogens is 2. The molecule has 0 spiro atoms. The van der Waals surface area contributed by atoms with Crippen LogP contribution in [-0.4, -0.2) is 4.98 Å². The van der Waals surface area contributed by atoms with Gasteiger partial charge >= 0.3 is 0 Å². The quantitative estimate of drug-likeness (QED) is 0.732. The minimum atomic E-state index is 0.328. The lowest BCUT2D eigenvalue weighted by Crippen LogP contribution is -1.86. The van der Waals surface area contributed by atoms with Gasteiger partial charge in [0.1, 0.15) is 11.8 Å². The van der Waals surface area contributed by atoms with Crippen molar-refractivity contribution in [1.82, 2.24) is 4.98 Å². The van der Waals surface area contributed by atoms with Crippen molar-refractivity contribution in [3.8, 4) is 6.07 Å². The molecular weight excluding hydrogens is 263 g/mol. The van der Waals surface area contributed by atoms with Gasteiger partial charge in [0.05, 0.1) is 10.5 Å². The highest BCUT2D eigenvalue weighted by atomic mass is 79.9. The number of aromatic nitrogens is 1. The molecule has 0 radical (unpaired) electrons. The Bertz CT molecular complexity index is 546. The molecule has 0 bridgehead atoms. The number of hydrogen-bond acceptors (Lipinski definition) is 2. The first kappa shape index (κ1) is 9.45. The number of hydrogen-bond donors (Lipinski definition) is 0. The Labute approximate surface area is 94.3 Å². The summed E-state index contributed by atoms with van der Waals surface area (Å²) in [5.74, 6) is 0. The Kier molecular flexibility index (Phi) is 2.40. The van der Waals surface area contributed by atoms with Crippen molar-refractivity contribution in [1.29, 1.82) is 5.26 Å². The second-order valence-corrected chi connectivity index (χ2v) is 4.00.